The van der Waals surface area contributed by atoms with Crippen LogP contribution < -0.4 is 5.73 Å². The van der Waals surface area contributed by atoms with Gasteiger partial charge in [0.1, 0.15) is 29.2 Å². The third-order valence-electron chi connectivity index (χ3n) is 3.53. The number of nitrogens with zero attached hydrogens (tertiary/aromatic N) is 3. The van der Waals surface area contributed by atoms with Crippen molar-refractivity contribution in [3.05, 3.63) is 24.4 Å². The average molecular weight is 355 g/mol. The van der Waals surface area contributed by atoms with Crippen molar-refractivity contribution in [1.29, 1.82) is 0 Å². The molecule has 11 heteroatoms. The second kappa shape index (κ2) is 6.07. The molecule has 25 heavy (non-hydrogen) atoms. The topological polar surface area (TPSA) is 131 Å². The first kappa shape index (κ1) is 16.7. The van der Waals surface area contributed by atoms with E-state index in [9.17, 15) is 13.2 Å². The van der Waals surface area contributed by atoms with Crippen LogP contribution in [0.1, 0.15) is 24.5 Å². The zero-order valence-electron chi connectivity index (χ0n) is 12.5. The number of fused-ring (bicyclic) bond motifs is 1. The summed E-state index contributed by atoms with van der Waals surface area (Å²) in [6, 6.07) is 1.98. The molecule has 1 fully saturated rings. The molecule has 8 nitrogen and oxygen atoms in total. The van der Waals surface area contributed by atoms with Gasteiger partial charge >= 0.3 is 12.1 Å². The van der Waals surface area contributed by atoms with E-state index in [0.717, 1.165) is 22.4 Å². The fraction of sp³-hybridized carbons (Fsp3) is 0.286. The Morgan fingerprint density at radius 1 is 1.36 bits per heavy atom. The summed E-state index contributed by atoms with van der Waals surface area (Å²) >= 11 is 0. The van der Waals surface area contributed by atoms with E-state index in [-0.39, 0.29) is 0 Å². The van der Waals surface area contributed by atoms with Crippen LogP contribution in [0.5, 0.6) is 0 Å². The lowest BCUT2D eigenvalue weighted by atomic mass is 10.1. The molecule has 3 aromatic heterocycles. The number of aromatic amines is 1. The normalized spacial score (nSPS) is 14.2. The van der Waals surface area contributed by atoms with Crippen molar-refractivity contribution in [2.75, 3.05) is 5.73 Å². The van der Waals surface area contributed by atoms with E-state index in [1.165, 1.54) is 19.2 Å². The number of halogens is 3. The maximum Gasteiger partial charge on any atom is 0.490 e. The predicted octanol–water partition coefficient (Wildman–Crippen LogP) is 2.71. The molecule has 3 heterocycles. The van der Waals surface area contributed by atoms with Gasteiger partial charge in [0.05, 0.1) is 5.39 Å². The summed E-state index contributed by atoms with van der Waals surface area (Å²) in [7, 11) is 0. The monoisotopic (exact) mass is 355 g/mol. The van der Waals surface area contributed by atoms with Crippen LogP contribution in [0, 0.1) is 0 Å². The van der Waals surface area contributed by atoms with Crippen molar-refractivity contribution in [3.8, 4) is 11.3 Å². The van der Waals surface area contributed by atoms with Crippen LogP contribution in [-0.2, 0) is 4.79 Å². The molecule has 0 aliphatic heterocycles. The van der Waals surface area contributed by atoms with Gasteiger partial charge in [-0.15, -0.1) is 0 Å². The van der Waals surface area contributed by atoms with Crippen LogP contribution >= 0.6 is 0 Å². The van der Waals surface area contributed by atoms with E-state index >= 15 is 0 Å². The minimum absolute atomic E-state index is 0.451. The van der Waals surface area contributed by atoms with Gasteiger partial charge in [0, 0.05) is 23.7 Å². The van der Waals surface area contributed by atoms with Crippen molar-refractivity contribution >= 4 is 22.8 Å². The zero-order chi connectivity index (χ0) is 18.2. The van der Waals surface area contributed by atoms with E-state index in [4.69, 9.17) is 20.2 Å². The van der Waals surface area contributed by atoms with Crippen LogP contribution in [0.25, 0.3) is 22.3 Å². The Morgan fingerprint density at radius 2 is 2.04 bits per heavy atom. The molecule has 0 aromatic carbocycles. The molecule has 4 N–H and O–H groups in total. The van der Waals surface area contributed by atoms with Gasteiger partial charge in [-0.3, -0.25) is 0 Å². The molecule has 0 spiro atoms. The molecule has 3 aromatic rings. The number of nitrogens with one attached hydrogen (secondary N) is 1. The minimum Gasteiger partial charge on any atom is -0.475 e. The summed E-state index contributed by atoms with van der Waals surface area (Å²) in [4.78, 5) is 20.1. The lowest BCUT2D eigenvalue weighted by Gasteiger charge is -1.96. The fourth-order valence-corrected chi connectivity index (χ4v) is 2.17. The number of rotatable bonds is 2. The van der Waals surface area contributed by atoms with E-state index in [2.05, 4.69) is 20.1 Å². The van der Waals surface area contributed by atoms with Gasteiger partial charge in [-0.05, 0) is 12.8 Å². The number of hydrogen-bond donors (Lipinski definition) is 3. The van der Waals surface area contributed by atoms with E-state index in [1.54, 1.807) is 0 Å². The number of nitrogens with two attached hydrogens (primary N) is 1. The quantitative estimate of drug-likeness (QED) is 0.644. The number of carboxylic acid groups (broad SMARTS) is 1. The molecular formula is C14H12F3N5O3. The van der Waals surface area contributed by atoms with Crippen LogP contribution in [-0.4, -0.2) is 37.4 Å². The van der Waals surface area contributed by atoms with Crippen molar-refractivity contribution in [2.45, 2.75) is 24.9 Å². The highest BCUT2D eigenvalue weighted by molar-refractivity contribution is 5.99. The number of hydrogen-bond acceptors (Lipinski definition) is 6. The summed E-state index contributed by atoms with van der Waals surface area (Å²) in [6.07, 6.45) is 0.572. The van der Waals surface area contributed by atoms with E-state index < -0.39 is 12.1 Å². The van der Waals surface area contributed by atoms with Gasteiger partial charge in [-0.2, -0.15) is 13.2 Å². The molecule has 1 aliphatic rings. The Hall–Kier alpha value is -3.11. The van der Waals surface area contributed by atoms with Gasteiger partial charge in [-0.25, -0.2) is 14.8 Å². The van der Waals surface area contributed by atoms with Crippen LogP contribution in [0.4, 0.5) is 19.0 Å². The number of nitrogen functional groups attached to an aromatic ring is 1. The molecule has 132 valence electrons. The Labute approximate surface area is 137 Å². The number of carboxylic acids is 1. The number of anilines is 1. The summed E-state index contributed by atoms with van der Waals surface area (Å²) in [5.41, 5.74) is 8.27. The molecular weight excluding hydrogens is 343 g/mol. The first-order valence-corrected chi connectivity index (χ1v) is 7.12. The average Bonchev–Trinajstić information content (AvgIpc) is 3.10. The van der Waals surface area contributed by atoms with E-state index in [1.807, 2.05) is 12.3 Å². The standard InChI is InChI=1S/C12H11N5O.C2HF3O2/c13-11-10-7(4-14-12(10)16-5-15-11)8-3-9(18-17-8)6-1-2-6;3-2(4,5)1(6)7/h3-6H,1-2H2,(H3,13,14,15,16);(H,6,7). The smallest absolute Gasteiger partial charge is 0.475 e. The van der Waals surface area contributed by atoms with Crippen molar-refractivity contribution in [2.24, 2.45) is 0 Å². The maximum atomic E-state index is 10.6. The van der Waals surface area contributed by atoms with Gasteiger partial charge in [0.15, 0.2) is 0 Å². The fourth-order valence-electron chi connectivity index (χ4n) is 2.17. The van der Waals surface area contributed by atoms with Crippen LogP contribution in [0.2, 0.25) is 0 Å². The number of alkyl halides is 3. The van der Waals surface area contributed by atoms with Crippen molar-refractivity contribution < 1.29 is 27.6 Å². The molecule has 4 rings (SSSR count). The Bertz CT molecular complexity index is 914. The number of carbonyl (C=O) groups is 1. The summed E-state index contributed by atoms with van der Waals surface area (Å²) in [5, 5.41) is 12.0. The molecule has 0 radical (unpaired) electrons. The van der Waals surface area contributed by atoms with Gasteiger partial charge in [0.2, 0.25) is 0 Å². The second-order valence-corrected chi connectivity index (χ2v) is 5.38. The summed E-state index contributed by atoms with van der Waals surface area (Å²) < 4.78 is 37.1. The Balaban J connectivity index is 0.000000225. The third-order valence-corrected chi connectivity index (χ3v) is 3.53. The minimum atomic E-state index is -5.08. The number of aliphatic carboxylic acids is 1. The van der Waals surface area contributed by atoms with Crippen molar-refractivity contribution in [1.82, 2.24) is 20.1 Å². The van der Waals surface area contributed by atoms with Gasteiger partial charge in [-0.1, -0.05) is 5.16 Å². The molecule has 0 bridgehead atoms. The highest BCUT2D eigenvalue weighted by atomic mass is 19.4. The number of H-pyrrole nitrogens is 1. The largest absolute Gasteiger partial charge is 0.490 e. The highest BCUT2D eigenvalue weighted by Gasteiger charge is 2.38. The lowest BCUT2D eigenvalue weighted by Crippen LogP contribution is -2.21. The first-order valence-electron chi connectivity index (χ1n) is 7.12. The van der Waals surface area contributed by atoms with Crippen LogP contribution in [0.3, 0.4) is 0 Å². The molecule has 1 saturated carbocycles. The number of aromatic nitrogens is 4. The van der Waals surface area contributed by atoms with Gasteiger partial charge < -0.3 is 20.3 Å². The van der Waals surface area contributed by atoms with Crippen molar-refractivity contribution in [3.63, 3.8) is 0 Å². The Kier molecular flexibility index (Phi) is 4.07. The summed E-state index contributed by atoms with van der Waals surface area (Å²) in [5.74, 6) is -0.806. The second-order valence-electron chi connectivity index (χ2n) is 5.38. The molecule has 0 unspecified atom stereocenters. The molecule has 0 amide bonds. The van der Waals surface area contributed by atoms with Gasteiger partial charge in [0.25, 0.3) is 0 Å². The molecule has 0 atom stereocenters. The highest BCUT2D eigenvalue weighted by Crippen LogP contribution is 2.41. The summed E-state index contributed by atoms with van der Waals surface area (Å²) in [6.45, 7) is 0. The third kappa shape index (κ3) is 3.54. The molecule has 0 saturated heterocycles. The first-order chi connectivity index (χ1) is 11.8. The SMILES string of the molecule is Nc1ncnc2[nH]cc(-c3cc(C4CC4)on3)c12.O=C(O)C(F)(F)F. The van der Waals surface area contributed by atoms with E-state index in [0.29, 0.717) is 17.4 Å². The maximum absolute atomic E-state index is 10.6. The lowest BCUT2D eigenvalue weighted by molar-refractivity contribution is -0.192. The van der Waals surface area contributed by atoms with Crippen LogP contribution in [0.15, 0.2) is 23.1 Å². The predicted molar refractivity (Wildman–Crippen MR) is 79.5 cm³/mol. The Morgan fingerprint density at radius 3 is 2.64 bits per heavy atom. The zero-order valence-corrected chi connectivity index (χ0v) is 12.5. The molecule has 1 aliphatic carbocycles.